The summed E-state index contributed by atoms with van der Waals surface area (Å²) < 4.78 is 44.5. The van der Waals surface area contributed by atoms with Gasteiger partial charge in [0.1, 0.15) is 34.8 Å². The van der Waals surface area contributed by atoms with Gasteiger partial charge in [-0.2, -0.15) is 0 Å². The van der Waals surface area contributed by atoms with Crippen LogP contribution < -0.4 is 0 Å². The van der Waals surface area contributed by atoms with E-state index in [4.69, 9.17) is 33.2 Å². The lowest BCUT2D eigenvalue weighted by molar-refractivity contribution is -0.338. The number of hydrogen-bond acceptors (Lipinski definition) is 14. The summed E-state index contributed by atoms with van der Waals surface area (Å²) in [6.07, 6.45) is -7.54. The number of ketones is 1. The van der Waals surface area contributed by atoms with E-state index in [2.05, 4.69) is 0 Å². The highest BCUT2D eigenvalue weighted by molar-refractivity contribution is 5.83. The zero-order valence-electron chi connectivity index (χ0n) is 35.5. The van der Waals surface area contributed by atoms with Crippen LogP contribution in [-0.4, -0.2) is 149 Å². The van der Waals surface area contributed by atoms with E-state index in [-0.39, 0.29) is 37.2 Å². The van der Waals surface area contributed by atoms with E-state index in [1.807, 2.05) is 39.8 Å². The first kappa shape index (κ1) is 47.1. The second-order valence-corrected chi connectivity index (χ2v) is 17.3. The van der Waals surface area contributed by atoms with Crippen LogP contribution in [0.2, 0.25) is 0 Å². The van der Waals surface area contributed by atoms with Gasteiger partial charge in [0.05, 0.1) is 42.0 Å². The molecule has 14 nitrogen and oxygen atoms in total. The van der Waals surface area contributed by atoms with Crippen molar-refractivity contribution in [3.8, 4) is 0 Å². The molecule has 0 aromatic rings. The second-order valence-electron chi connectivity index (χ2n) is 17.3. The van der Waals surface area contributed by atoms with Crippen LogP contribution in [0.4, 0.5) is 0 Å². The number of carbonyl (C=O) groups excluding carboxylic acids is 2. The molecule has 3 heterocycles. The Morgan fingerprint density at radius 3 is 2.00 bits per heavy atom. The molecule has 0 saturated carbocycles. The minimum Gasteiger partial charge on any atom is -0.459 e. The van der Waals surface area contributed by atoms with Crippen molar-refractivity contribution in [3.63, 3.8) is 0 Å². The zero-order valence-corrected chi connectivity index (χ0v) is 35.5. The summed E-state index contributed by atoms with van der Waals surface area (Å²) in [4.78, 5) is 30.2. The Balaban J connectivity index is 2.24. The van der Waals surface area contributed by atoms with Crippen molar-refractivity contribution < 1.29 is 63.2 Å². The van der Waals surface area contributed by atoms with E-state index in [9.17, 15) is 30.0 Å². The Morgan fingerprint density at radius 1 is 0.870 bits per heavy atom. The van der Waals surface area contributed by atoms with Crippen molar-refractivity contribution in [2.75, 3.05) is 28.3 Å². The molecule has 0 amide bonds. The highest BCUT2D eigenvalue weighted by atomic mass is 16.7. The fraction of sp³-hybridized carbons (Fsp3) is 0.950. The molecule has 0 aromatic heterocycles. The fourth-order valence-corrected chi connectivity index (χ4v) is 9.31. The number of carbonyl (C=O) groups is 2. The average Bonchev–Trinajstić information content (AvgIpc) is 3.12. The van der Waals surface area contributed by atoms with Crippen LogP contribution in [0.25, 0.3) is 0 Å². The maximum Gasteiger partial charge on any atom is 0.311 e. The number of likely N-dealkylation sites (N-methyl/N-ethyl adjacent to an activating group) is 1. The van der Waals surface area contributed by atoms with Crippen molar-refractivity contribution >= 4 is 11.8 Å². The van der Waals surface area contributed by atoms with Crippen LogP contribution in [0.3, 0.4) is 0 Å². The lowest BCUT2D eigenvalue weighted by atomic mass is 9.73. The highest BCUT2D eigenvalue weighted by Gasteiger charge is 2.58. The zero-order chi connectivity index (χ0) is 41.3. The first-order chi connectivity index (χ1) is 24.9. The van der Waals surface area contributed by atoms with Crippen LogP contribution in [0.1, 0.15) is 108 Å². The first-order valence-corrected chi connectivity index (χ1v) is 19.8. The van der Waals surface area contributed by atoms with Crippen LogP contribution in [0, 0.1) is 23.7 Å². The van der Waals surface area contributed by atoms with Gasteiger partial charge in [0.15, 0.2) is 12.6 Å². The Hall–Kier alpha value is -1.30. The Labute approximate surface area is 323 Å². The summed E-state index contributed by atoms with van der Waals surface area (Å²) in [5, 5.41) is 46.5. The number of ether oxygens (including phenoxy) is 7. The van der Waals surface area contributed by atoms with Gasteiger partial charge >= 0.3 is 5.97 Å². The molecule has 3 fully saturated rings. The van der Waals surface area contributed by atoms with Gasteiger partial charge in [-0.1, -0.05) is 34.6 Å². The largest absolute Gasteiger partial charge is 0.459 e. The van der Waals surface area contributed by atoms with Gasteiger partial charge in [-0.05, 0) is 81.3 Å². The maximum atomic E-state index is 14.3. The molecule has 14 heteroatoms. The molecule has 0 spiro atoms. The molecule has 3 saturated heterocycles. The number of cyclic esters (lactones) is 1. The summed E-state index contributed by atoms with van der Waals surface area (Å²) in [5.74, 6) is -4.50. The molecular formula is C40H73NO13. The van der Waals surface area contributed by atoms with E-state index in [0.29, 0.717) is 12.8 Å². The number of aliphatic hydroxyl groups is 4. The molecular weight excluding hydrogens is 702 g/mol. The van der Waals surface area contributed by atoms with Crippen LogP contribution in [0.15, 0.2) is 0 Å². The molecule has 316 valence electrons. The molecule has 18 atom stereocenters. The summed E-state index contributed by atoms with van der Waals surface area (Å²) in [6, 6.07) is -0.287. The SMILES string of the molecule is CC[C@H]1OC(=O)C(C)C(OC2CC(C)(OC)C(O)(CC)C(C)O2)C(C)C(OC2OC(C)CC(N(C)C)C2O)C(C)(OC)CC(C)C(=O)C(C)C(O)C1(C)O. The van der Waals surface area contributed by atoms with Crippen molar-refractivity contribution in [3.05, 3.63) is 0 Å². The Morgan fingerprint density at radius 2 is 1.48 bits per heavy atom. The highest BCUT2D eigenvalue weighted by Crippen LogP contribution is 2.45. The summed E-state index contributed by atoms with van der Waals surface area (Å²) in [5.41, 5.74) is -5.65. The molecule has 0 aliphatic carbocycles. The smallest absolute Gasteiger partial charge is 0.311 e. The summed E-state index contributed by atoms with van der Waals surface area (Å²) >= 11 is 0. The monoisotopic (exact) mass is 776 g/mol. The van der Waals surface area contributed by atoms with Crippen LogP contribution >= 0.6 is 0 Å². The van der Waals surface area contributed by atoms with Gasteiger partial charge in [-0.25, -0.2) is 0 Å². The van der Waals surface area contributed by atoms with E-state index >= 15 is 0 Å². The fourth-order valence-electron chi connectivity index (χ4n) is 9.31. The van der Waals surface area contributed by atoms with Crippen molar-refractivity contribution in [2.45, 2.75) is 192 Å². The van der Waals surface area contributed by atoms with Gasteiger partial charge in [-0.15, -0.1) is 0 Å². The Bertz CT molecular complexity index is 1250. The number of aliphatic hydroxyl groups excluding tert-OH is 2. The molecule has 3 aliphatic heterocycles. The molecule has 4 N–H and O–H groups in total. The molecule has 3 rings (SSSR count). The minimum absolute atomic E-state index is 0.108. The van der Waals surface area contributed by atoms with E-state index in [1.54, 1.807) is 48.5 Å². The molecule has 17 unspecified atom stereocenters. The summed E-state index contributed by atoms with van der Waals surface area (Å²) in [6.45, 7) is 19.0. The van der Waals surface area contributed by atoms with E-state index in [0.717, 1.165) is 0 Å². The predicted molar refractivity (Wildman–Crippen MR) is 200 cm³/mol. The number of esters is 1. The van der Waals surface area contributed by atoms with Crippen LogP contribution in [0.5, 0.6) is 0 Å². The second kappa shape index (κ2) is 18.1. The molecule has 0 bridgehead atoms. The standard InChI is InChI=1S/C40H73NO13/c1-16-28-39(11,46)33(44)23(5)30(42)21(3)19-37(9,48-14)34(54-36-31(43)27(41(12)13)18-22(4)50-36)24(6)32(25(7)35(45)52-28)53-29-20-38(10,49-15)40(47,17-2)26(8)51-29/h21-29,31-34,36,43-44,46-47H,16-20H2,1-15H3/t21?,22?,23?,24?,25?,26?,27?,28-,29?,31?,32?,33?,34?,36?,37?,38?,39?,40?/m1/s1. The lowest BCUT2D eigenvalue weighted by Gasteiger charge is -2.53. The van der Waals surface area contributed by atoms with Crippen molar-refractivity contribution in [2.24, 2.45) is 23.7 Å². The van der Waals surface area contributed by atoms with Gasteiger partial charge in [0, 0.05) is 44.4 Å². The number of nitrogens with zero attached hydrogens (tertiary/aromatic N) is 1. The number of Topliss-reactive ketones (excluding diaryl/α,β-unsaturated/α-hetero) is 1. The quantitative estimate of drug-likeness (QED) is 0.251. The average molecular weight is 776 g/mol. The van der Waals surface area contributed by atoms with E-state index < -0.39 is 101 Å². The number of methoxy groups -OCH3 is 2. The van der Waals surface area contributed by atoms with Gasteiger partial charge in [-0.3, -0.25) is 9.59 Å². The third-order valence-electron chi connectivity index (χ3n) is 13.3. The predicted octanol–water partition coefficient (Wildman–Crippen LogP) is 3.22. The summed E-state index contributed by atoms with van der Waals surface area (Å²) in [7, 11) is 6.80. The molecule has 0 radical (unpaired) electrons. The third-order valence-corrected chi connectivity index (χ3v) is 13.3. The first-order valence-electron chi connectivity index (χ1n) is 19.8. The van der Waals surface area contributed by atoms with Crippen LogP contribution in [-0.2, 0) is 42.7 Å². The van der Waals surface area contributed by atoms with Gasteiger partial charge < -0.3 is 58.5 Å². The molecule has 3 aliphatic rings. The maximum absolute atomic E-state index is 14.3. The van der Waals surface area contributed by atoms with Gasteiger partial charge in [0.2, 0.25) is 0 Å². The van der Waals surface area contributed by atoms with Gasteiger partial charge in [0.25, 0.3) is 0 Å². The lowest BCUT2D eigenvalue weighted by Crippen LogP contribution is -2.66. The molecule has 0 aromatic carbocycles. The number of hydrogen-bond donors (Lipinski definition) is 4. The minimum atomic E-state index is -1.97. The number of rotatable bonds is 9. The third kappa shape index (κ3) is 9.20. The topological polar surface area (TPSA) is 183 Å². The van der Waals surface area contributed by atoms with E-state index in [1.165, 1.54) is 21.1 Å². The van der Waals surface area contributed by atoms with Crippen molar-refractivity contribution in [1.82, 2.24) is 4.90 Å². The normalized spacial score (nSPS) is 49.0. The molecule has 54 heavy (non-hydrogen) atoms. The Kier molecular flexibility index (Phi) is 15.8. The van der Waals surface area contributed by atoms with Crippen molar-refractivity contribution in [1.29, 1.82) is 0 Å².